The maximum atomic E-state index is 13.8. The largest absolute Gasteiger partial charge is 0.354 e. The fraction of sp³-hybridized carbons (Fsp3) is 0.476. The smallest absolute Gasteiger partial charge is 0.241 e. The van der Waals surface area contributed by atoms with Crippen LogP contribution in [-0.2, 0) is 4.79 Å². The molecule has 0 radical (unpaired) electrons. The maximum Gasteiger partial charge on any atom is 0.241 e. The molecule has 0 saturated carbocycles. The molecule has 2 aromatic rings. The summed E-state index contributed by atoms with van der Waals surface area (Å²) in [6.45, 7) is 10.7. The second kappa shape index (κ2) is 8.82. The van der Waals surface area contributed by atoms with E-state index in [0.717, 1.165) is 42.6 Å². The SMILES string of the molecule is Cc1cc(N2CCN([C@@H](C)C(=O)Nc3ccc(F)cc3F)CC2)nc(C(C)C)n1. The molecule has 29 heavy (non-hydrogen) atoms. The Balaban J connectivity index is 1.60. The van der Waals surface area contributed by atoms with E-state index >= 15 is 0 Å². The van der Waals surface area contributed by atoms with Crippen molar-refractivity contribution in [2.75, 3.05) is 36.4 Å². The number of aryl methyl sites for hydroxylation is 1. The van der Waals surface area contributed by atoms with Crippen molar-refractivity contribution in [3.63, 3.8) is 0 Å². The molecule has 1 N–H and O–H groups in total. The number of aromatic nitrogens is 2. The summed E-state index contributed by atoms with van der Waals surface area (Å²) in [7, 11) is 0. The molecule has 6 nitrogen and oxygen atoms in total. The fourth-order valence-corrected chi connectivity index (χ4v) is 3.33. The van der Waals surface area contributed by atoms with Crippen LogP contribution < -0.4 is 10.2 Å². The van der Waals surface area contributed by atoms with Crippen molar-refractivity contribution in [3.05, 3.63) is 47.4 Å². The highest BCUT2D eigenvalue weighted by atomic mass is 19.1. The van der Waals surface area contributed by atoms with Crippen molar-refractivity contribution in [2.24, 2.45) is 0 Å². The van der Waals surface area contributed by atoms with Crippen LogP contribution in [0.2, 0.25) is 0 Å². The lowest BCUT2D eigenvalue weighted by molar-refractivity contribution is -0.120. The summed E-state index contributed by atoms with van der Waals surface area (Å²) in [4.78, 5) is 25.9. The maximum absolute atomic E-state index is 13.8. The third kappa shape index (κ3) is 5.06. The number of nitrogens with zero attached hydrogens (tertiary/aromatic N) is 4. The van der Waals surface area contributed by atoms with Gasteiger partial charge in [0.1, 0.15) is 23.3 Å². The Labute approximate surface area is 169 Å². The van der Waals surface area contributed by atoms with Gasteiger partial charge in [0.15, 0.2) is 0 Å². The van der Waals surface area contributed by atoms with E-state index in [0.29, 0.717) is 13.1 Å². The average Bonchev–Trinajstić information content (AvgIpc) is 2.69. The van der Waals surface area contributed by atoms with Crippen molar-refractivity contribution < 1.29 is 13.6 Å². The van der Waals surface area contributed by atoms with E-state index in [4.69, 9.17) is 0 Å². The van der Waals surface area contributed by atoms with Crippen molar-refractivity contribution in [2.45, 2.75) is 39.7 Å². The van der Waals surface area contributed by atoms with Crippen LogP contribution in [0.5, 0.6) is 0 Å². The average molecular weight is 403 g/mol. The molecule has 1 atom stereocenters. The molecule has 0 unspecified atom stereocenters. The second-order valence-corrected chi connectivity index (χ2v) is 7.69. The van der Waals surface area contributed by atoms with Gasteiger partial charge in [0.2, 0.25) is 5.91 Å². The van der Waals surface area contributed by atoms with Crippen LogP contribution in [0, 0.1) is 18.6 Å². The van der Waals surface area contributed by atoms with Crippen LogP contribution in [-0.4, -0.2) is 53.0 Å². The molecule has 1 aliphatic heterocycles. The Morgan fingerprint density at radius 1 is 1.07 bits per heavy atom. The Morgan fingerprint density at radius 3 is 2.38 bits per heavy atom. The van der Waals surface area contributed by atoms with Crippen molar-refractivity contribution in [1.29, 1.82) is 0 Å². The summed E-state index contributed by atoms with van der Waals surface area (Å²) in [5.74, 6) is 0.220. The Bertz CT molecular complexity index is 881. The van der Waals surface area contributed by atoms with Gasteiger partial charge in [0.25, 0.3) is 0 Å². The van der Waals surface area contributed by atoms with E-state index in [-0.39, 0.29) is 17.5 Å². The zero-order valence-corrected chi connectivity index (χ0v) is 17.2. The molecule has 1 amide bonds. The van der Waals surface area contributed by atoms with Crippen LogP contribution in [0.25, 0.3) is 0 Å². The highest BCUT2D eigenvalue weighted by Gasteiger charge is 2.27. The molecule has 156 valence electrons. The quantitative estimate of drug-likeness (QED) is 0.830. The minimum atomic E-state index is -0.782. The van der Waals surface area contributed by atoms with Gasteiger partial charge in [-0.25, -0.2) is 18.7 Å². The summed E-state index contributed by atoms with van der Waals surface area (Å²) in [6.07, 6.45) is 0. The number of rotatable bonds is 5. The number of carbonyl (C=O) groups excluding carboxylic acids is 1. The van der Waals surface area contributed by atoms with Crippen molar-refractivity contribution >= 4 is 17.4 Å². The molecular formula is C21H27F2N5O. The third-order valence-electron chi connectivity index (χ3n) is 5.13. The Morgan fingerprint density at radius 2 is 1.76 bits per heavy atom. The first-order chi connectivity index (χ1) is 13.7. The van der Waals surface area contributed by atoms with E-state index < -0.39 is 17.7 Å². The number of carbonyl (C=O) groups is 1. The summed E-state index contributed by atoms with van der Waals surface area (Å²) >= 11 is 0. The molecule has 0 bridgehead atoms. The molecule has 8 heteroatoms. The van der Waals surface area contributed by atoms with Crippen LogP contribution in [0.4, 0.5) is 20.3 Å². The van der Waals surface area contributed by atoms with Gasteiger partial charge in [-0.1, -0.05) is 13.8 Å². The lowest BCUT2D eigenvalue weighted by atomic mass is 10.2. The molecule has 0 aliphatic carbocycles. The standard InChI is InChI=1S/C21H27F2N5O/c1-13(2)20-24-14(3)11-19(26-20)28-9-7-27(8-10-28)15(4)21(29)25-18-6-5-16(22)12-17(18)23/h5-6,11-13,15H,7-10H2,1-4H3,(H,25,29)/t15-/m0/s1. The Hall–Kier alpha value is -2.61. The van der Waals surface area contributed by atoms with E-state index in [9.17, 15) is 13.6 Å². The van der Waals surface area contributed by atoms with Gasteiger partial charge in [-0.2, -0.15) is 0 Å². The van der Waals surface area contributed by atoms with E-state index in [2.05, 4.69) is 34.0 Å². The zero-order valence-electron chi connectivity index (χ0n) is 17.2. The lowest BCUT2D eigenvalue weighted by Crippen LogP contribution is -2.53. The van der Waals surface area contributed by atoms with Gasteiger partial charge >= 0.3 is 0 Å². The minimum Gasteiger partial charge on any atom is -0.354 e. The molecule has 1 aliphatic rings. The Kier molecular flexibility index (Phi) is 6.42. The summed E-state index contributed by atoms with van der Waals surface area (Å²) in [5, 5.41) is 2.55. The number of halogens is 2. The normalized spacial score (nSPS) is 16.2. The molecule has 0 spiro atoms. The molecule has 1 aromatic carbocycles. The molecular weight excluding hydrogens is 376 g/mol. The van der Waals surface area contributed by atoms with Crippen molar-refractivity contribution in [1.82, 2.24) is 14.9 Å². The number of benzene rings is 1. The first-order valence-electron chi connectivity index (χ1n) is 9.85. The lowest BCUT2D eigenvalue weighted by Gasteiger charge is -2.38. The van der Waals surface area contributed by atoms with Gasteiger partial charge < -0.3 is 10.2 Å². The zero-order chi connectivity index (χ0) is 21.1. The number of nitrogens with one attached hydrogen (secondary N) is 1. The number of piperazine rings is 1. The fourth-order valence-electron chi connectivity index (χ4n) is 3.33. The highest BCUT2D eigenvalue weighted by molar-refractivity contribution is 5.94. The van der Waals surface area contributed by atoms with Gasteiger partial charge in [-0.15, -0.1) is 0 Å². The van der Waals surface area contributed by atoms with E-state index in [1.807, 2.05) is 17.9 Å². The number of hydrogen-bond donors (Lipinski definition) is 1. The predicted molar refractivity (Wildman–Crippen MR) is 109 cm³/mol. The first-order valence-corrected chi connectivity index (χ1v) is 9.85. The second-order valence-electron chi connectivity index (χ2n) is 7.69. The van der Waals surface area contributed by atoms with Gasteiger partial charge in [-0.3, -0.25) is 9.69 Å². The molecule has 1 fully saturated rings. The van der Waals surface area contributed by atoms with Crippen LogP contribution in [0.3, 0.4) is 0 Å². The summed E-state index contributed by atoms with van der Waals surface area (Å²) < 4.78 is 26.8. The topological polar surface area (TPSA) is 61.4 Å². The molecule has 3 rings (SSSR count). The highest BCUT2D eigenvalue weighted by Crippen LogP contribution is 2.20. The summed E-state index contributed by atoms with van der Waals surface area (Å²) in [5.41, 5.74) is 0.926. The molecule has 2 heterocycles. The van der Waals surface area contributed by atoms with E-state index in [1.165, 1.54) is 6.07 Å². The third-order valence-corrected chi connectivity index (χ3v) is 5.13. The van der Waals surface area contributed by atoms with Gasteiger partial charge in [0, 0.05) is 49.9 Å². The number of anilines is 2. The molecule has 1 saturated heterocycles. The first kappa shape index (κ1) is 21.1. The van der Waals surface area contributed by atoms with Gasteiger partial charge in [0.05, 0.1) is 11.7 Å². The molecule has 1 aromatic heterocycles. The number of hydrogen-bond acceptors (Lipinski definition) is 5. The van der Waals surface area contributed by atoms with Gasteiger partial charge in [-0.05, 0) is 26.0 Å². The minimum absolute atomic E-state index is 0.0143. The van der Waals surface area contributed by atoms with Crippen LogP contribution >= 0.6 is 0 Å². The monoisotopic (exact) mass is 403 g/mol. The van der Waals surface area contributed by atoms with Crippen molar-refractivity contribution in [3.8, 4) is 0 Å². The number of amides is 1. The predicted octanol–water partition coefficient (Wildman–Crippen LogP) is 3.34. The van der Waals surface area contributed by atoms with Crippen LogP contribution in [0.1, 0.15) is 38.2 Å². The van der Waals surface area contributed by atoms with Crippen LogP contribution in [0.15, 0.2) is 24.3 Å². The van der Waals surface area contributed by atoms with E-state index in [1.54, 1.807) is 6.92 Å². The summed E-state index contributed by atoms with van der Waals surface area (Å²) in [6, 6.07) is 4.66.